The molecular weight excluding hydrogens is 146 g/mol. The van der Waals surface area contributed by atoms with Crippen molar-refractivity contribution in [2.75, 3.05) is 0 Å². The molecule has 0 saturated heterocycles. The van der Waals surface area contributed by atoms with Gasteiger partial charge in [0.25, 0.3) is 0 Å². The van der Waals surface area contributed by atoms with E-state index in [1.165, 1.54) is 11.6 Å². The van der Waals surface area contributed by atoms with Crippen LogP contribution in [0.3, 0.4) is 0 Å². The Balaban J connectivity index is 0. The summed E-state index contributed by atoms with van der Waals surface area (Å²) in [6.45, 7) is 8.58. The van der Waals surface area contributed by atoms with Gasteiger partial charge in [-0.05, 0) is 13.0 Å². The third-order valence-corrected chi connectivity index (χ3v) is 0.565. The van der Waals surface area contributed by atoms with E-state index in [4.69, 9.17) is 16.9 Å². The Morgan fingerprint density at radius 1 is 1.70 bits per heavy atom. The van der Waals surface area contributed by atoms with Gasteiger partial charge in [0.2, 0.25) is 0 Å². The number of rotatable bonds is 1. The molecule has 0 aromatic heterocycles. The molecule has 0 saturated carbocycles. The second kappa shape index (κ2) is 10.9. The molecule has 0 fully saturated rings. The molecule has 0 atom stereocenters. The van der Waals surface area contributed by atoms with Crippen LogP contribution in [-0.2, 0) is 0 Å². The lowest BCUT2D eigenvalue weighted by Crippen LogP contribution is -1.52. The molecule has 0 heterocycles. The first-order chi connectivity index (χ1) is 4.68. The highest BCUT2D eigenvalue weighted by Gasteiger charge is 1.65. The van der Waals surface area contributed by atoms with Gasteiger partial charge in [-0.15, -0.1) is 0 Å². The summed E-state index contributed by atoms with van der Waals surface area (Å²) in [5.41, 5.74) is 2.42. The Morgan fingerprint density at radius 3 is 2.10 bits per heavy atom. The van der Waals surface area contributed by atoms with Crippen LogP contribution in [0.5, 0.6) is 0 Å². The minimum atomic E-state index is 0.977. The van der Waals surface area contributed by atoms with Gasteiger partial charge in [-0.2, -0.15) is 5.26 Å². The summed E-state index contributed by atoms with van der Waals surface area (Å²) >= 11 is 5.16. The second-order valence-electron chi connectivity index (χ2n) is 1.47. The molecule has 0 aliphatic carbocycles. The van der Waals surface area contributed by atoms with Crippen LogP contribution in [-0.4, -0.2) is 0 Å². The molecule has 0 aromatic rings. The highest BCUT2D eigenvalue weighted by atomic mass is 35.5. The lowest BCUT2D eigenvalue weighted by Gasteiger charge is -1.74. The summed E-state index contributed by atoms with van der Waals surface area (Å²) in [6.07, 6.45) is 2.92. The first-order valence-electron chi connectivity index (χ1n) is 2.61. The standard InChI is InChI=1S/C5H7Cl.C3H3N/c1-5(2)3-4-6;1-2-3-4/h3-4H,1H2,2H3;2H,1H2. The number of hydrogen-bond donors (Lipinski definition) is 0. The fourth-order valence-electron chi connectivity index (χ4n) is 0.108. The van der Waals surface area contributed by atoms with E-state index < -0.39 is 0 Å². The summed E-state index contributed by atoms with van der Waals surface area (Å²) in [5.74, 6) is 0. The van der Waals surface area contributed by atoms with Gasteiger partial charge >= 0.3 is 0 Å². The van der Waals surface area contributed by atoms with Gasteiger partial charge in [-0.1, -0.05) is 30.3 Å². The van der Waals surface area contributed by atoms with Gasteiger partial charge in [-0.25, -0.2) is 0 Å². The van der Waals surface area contributed by atoms with Crippen molar-refractivity contribution in [1.29, 1.82) is 5.26 Å². The highest BCUT2D eigenvalue weighted by molar-refractivity contribution is 6.25. The van der Waals surface area contributed by atoms with Crippen molar-refractivity contribution < 1.29 is 0 Å². The third-order valence-electron chi connectivity index (χ3n) is 0.439. The molecule has 0 unspecified atom stereocenters. The molecule has 54 valence electrons. The third kappa shape index (κ3) is 28.0. The van der Waals surface area contributed by atoms with Crippen LogP contribution < -0.4 is 0 Å². The van der Waals surface area contributed by atoms with E-state index in [-0.39, 0.29) is 0 Å². The van der Waals surface area contributed by atoms with Gasteiger partial charge in [0, 0.05) is 11.6 Å². The van der Waals surface area contributed by atoms with Crippen LogP contribution in [0.4, 0.5) is 0 Å². The molecule has 0 rings (SSSR count). The normalized spacial score (nSPS) is 7.30. The van der Waals surface area contributed by atoms with E-state index in [9.17, 15) is 0 Å². The van der Waals surface area contributed by atoms with Gasteiger partial charge in [0.15, 0.2) is 0 Å². The Labute approximate surface area is 66.9 Å². The summed E-state index contributed by atoms with van der Waals surface area (Å²) in [6, 6.07) is 1.69. The molecule has 0 amide bonds. The molecule has 0 aliphatic heterocycles. The highest BCUT2D eigenvalue weighted by Crippen LogP contribution is 1.88. The summed E-state index contributed by atoms with van der Waals surface area (Å²) < 4.78 is 0. The van der Waals surface area contributed by atoms with E-state index in [2.05, 4.69) is 13.2 Å². The Kier molecular flexibility index (Phi) is 12.8. The molecule has 0 aliphatic rings. The number of hydrogen-bond acceptors (Lipinski definition) is 1. The monoisotopic (exact) mass is 155 g/mol. The first kappa shape index (κ1) is 11.8. The van der Waals surface area contributed by atoms with Crippen LogP contribution in [0, 0.1) is 11.3 Å². The molecule has 0 aromatic carbocycles. The van der Waals surface area contributed by atoms with Crippen LogP contribution >= 0.6 is 11.6 Å². The van der Waals surface area contributed by atoms with Crippen LogP contribution in [0.2, 0.25) is 0 Å². The topological polar surface area (TPSA) is 23.8 Å². The quantitative estimate of drug-likeness (QED) is 0.422. The van der Waals surface area contributed by atoms with Crippen molar-refractivity contribution in [2.24, 2.45) is 0 Å². The van der Waals surface area contributed by atoms with E-state index >= 15 is 0 Å². The van der Waals surface area contributed by atoms with Gasteiger partial charge in [0.1, 0.15) is 0 Å². The Bertz CT molecular complexity index is 163. The van der Waals surface area contributed by atoms with Crippen molar-refractivity contribution in [2.45, 2.75) is 6.92 Å². The molecular formula is C8H10ClN. The fourth-order valence-corrected chi connectivity index (χ4v) is 0.323. The molecule has 2 heteroatoms. The smallest absolute Gasteiger partial charge is 0.0905 e. The molecule has 1 nitrogen and oxygen atoms in total. The Morgan fingerprint density at radius 2 is 2.10 bits per heavy atom. The zero-order valence-electron chi connectivity index (χ0n) is 5.97. The number of nitriles is 1. The lowest BCUT2D eigenvalue weighted by atomic mass is 10.4. The number of allylic oxidation sites excluding steroid dienone is 3. The maximum Gasteiger partial charge on any atom is 0.0905 e. The largest absolute Gasteiger partial charge is 0.193 e. The molecule has 10 heavy (non-hydrogen) atoms. The lowest BCUT2D eigenvalue weighted by molar-refractivity contribution is 1.54. The maximum atomic E-state index is 7.51. The predicted molar refractivity (Wildman–Crippen MR) is 45.6 cm³/mol. The van der Waals surface area contributed by atoms with Gasteiger partial charge in [-0.3, -0.25) is 0 Å². The van der Waals surface area contributed by atoms with E-state index in [0.717, 1.165) is 5.57 Å². The maximum absolute atomic E-state index is 7.51. The van der Waals surface area contributed by atoms with Crippen molar-refractivity contribution in [3.8, 4) is 6.07 Å². The average Bonchev–Trinajstić information content (AvgIpc) is 1.89. The van der Waals surface area contributed by atoms with E-state index in [1.54, 1.807) is 12.1 Å². The molecule has 0 radical (unpaired) electrons. The Hall–Kier alpha value is -1.00. The van der Waals surface area contributed by atoms with Crippen LogP contribution in [0.1, 0.15) is 6.92 Å². The van der Waals surface area contributed by atoms with E-state index in [1.807, 2.05) is 6.92 Å². The number of nitrogens with zero attached hydrogens (tertiary/aromatic N) is 1. The SMILES string of the molecule is C=C(C)C=CCl.C=CC#N. The number of halogens is 1. The predicted octanol–water partition coefficient (Wildman–Crippen LogP) is 3.01. The van der Waals surface area contributed by atoms with Crippen molar-refractivity contribution in [3.63, 3.8) is 0 Å². The molecule has 0 spiro atoms. The zero-order valence-corrected chi connectivity index (χ0v) is 6.73. The zero-order chi connectivity index (χ0) is 8.41. The summed E-state index contributed by atoms with van der Waals surface area (Å²) in [7, 11) is 0. The van der Waals surface area contributed by atoms with Crippen molar-refractivity contribution >= 4 is 11.6 Å². The first-order valence-corrected chi connectivity index (χ1v) is 3.05. The van der Waals surface area contributed by atoms with Crippen molar-refractivity contribution in [1.82, 2.24) is 0 Å². The van der Waals surface area contributed by atoms with Crippen molar-refractivity contribution in [3.05, 3.63) is 36.4 Å². The van der Waals surface area contributed by atoms with Gasteiger partial charge in [0.05, 0.1) is 6.07 Å². The summed E-state index contributed by atoms with van der Waals surface area (Å²) in [4.78, 5) is 0. The minimum absolute atomic E-state index is 0.977. The van der Waals surface area contributed by atoms with Crippen LogP contribution in [0.25, 0.3) is 0 Å². The second-order valence-corrected chi connectivity index (χ2v) is 1.72. The molecule has 0 N–H and O–H groups in total. The molecule has 0 bridgehead atoms. The van der Waals surface area contributed by atoms with Crippen LogP contribution in [0.15, 0.2) is 36.4 Å². The van der Waals surface area contributed by atoms with Gasteiger partial charge < -0.3 is 0 Å². The fraction of sp³-hybridized carbons (Fsp3) is 0.125. The van der Waals surface area contributed by atoms with E-state index in [0.29, 0.717) is 0 Å². The average molecular weight is 156 g/mol. The summed E-state index contributed by atoms with van der Waals surface area (Å²) in [5, 5.41) is 7.51. The minimum Gasteiger partial charge on any atom is -0.193 e.